The van der Waals surface area contributed by atoms with E-state index in [1.54, 1.807) is 19.1 Å². The van der Waals surface area contributed by atoms with Crippen LogP contribution in [0.15, 0.2) is 24.3 Å². The third-order valence-corrected chi connectivity index (χ3v) is 5.54. The number of hydrogen-bond acceptors (Lipinski definition) is 2. The highest BCUT2D eigenvalue weighted by molar-refractivity contribution is 5.80. The molecule has 0 spiro atoms. The lowest BCUT2D eigenvalue weighted by molar-refractivity contribution is -0.134. The maximum absolute atomic E-state index is 13.0. The zero-order valence-corrected chi connectivity index (χ0v) is 13.3. The largest absolute Gasteiger partial charge is 0.370 e. The van der Waals surface area contributed by atoms with E-state index in [0.717, 1.165) is 25.4 Å². The van der Waals surface area contributed by atoms with Gasteiger partial charge in [-0.05, 0) is 80.9 Å². The zero-order chi connectivity index (χ0) is 15.5. The molecule has 2 unspecified atom stereocenters. The lowest BCUT2D eigenvalue weighted by Crippen LogP contribution is -2.35. The van der Waals surface area contributed by atoms with Crippen molar-refractivity contribution in [3.8, 4) is 0 Å². The van der Waals surface area contributed by atoms with Gasteiger partial charge in [0.1, 0.15) is 11.9 Å². The number of carbonyl (C=O) groups excluding carboxylic acids is 1. The van der Waals surface area contributed by atoms with E-state index >= 15 is 0 Å². The Balaban J connectivity index is 1.50. The minimum absolute atomic E-state index is 0.156. The molecule has 22 heavy (non-hydrogen) atoms. The normalized spacial score (nSPS) is 32.6. The maximum atomic E-state index is 13.0. The van der Waals surface area contributed by atoms with E-state index in [1.165, 1.54) is 31.2 Å². The lowest BCUT2D eigenvalue weighted by atomic mass is 9.72. The van der Waals surface area contributed by atoms with Gasteiger partial charge in [-0.15, -0.1) is 0 Å². The van der Waals surface area contributed by atoms with Gasteiger partial charge in [-0.25, -0.2) is 4.39 Å². The van der Waals surface area contributed by atoms with E-state index in [-0.39, 0.29) is 17.7 Å². The van der Waals surface area contributed by atoms with Crippen LogP contribution in [-0.4, -0.2) is 18.5 Å². The minimum atomic E-state index is -0.160. The van der Waals surface area contributed by atoms with Crippen molar-refractivity contribution in [1.82, 2.24) is 0 Å². The Morgan fingerprint density at radius 3 is 2.18 bits per heavy atom. The molecular formula is C19H25FO2. The predicted molar refractivity (Wildman–Crippen MR) is 84.2 cm³/mol. The van der Waals surface area contributed by atoms with Crippen molar-refractivity contribution >= 4 is 5.78 Å². The van der Waals surface area contributed by atoms with Crippen LogP contribution in [0.2, 0.25) is 0 Å². The van der Waals surface area contributed by atoms with Gasteiger partial charge in [0.05, 0.1) is 6.61 Å². The van der Waals surface area contributed by atoms with Crippen LogP contribution in [0.1, 0.15) is 56.9 Å². The van der Waals surface area contributed by atoms with Gasteiger partial charge >= 0.3 is 0 Å². The van der Waals surface area contributed by atoms with E-state index in [0.29, 0.717) is 11.8 Å². The monoisotopic (exact) mass is 304 g/mol. The Labute approximate surface area is 132 Å². The van der Waals surface area contributed by atoms with E-state index in [2.05, 4.69) is 0 Å². The van der Waals surface area contributed by atoms with Gasteiger partial charge < -0.3 is 4.74 Å². The summed E-state index contributed by atoms with van der Waals surface area (Å²) in [5.74, 6) is 1.93. The Bertz CT molecular complexity index is 495. The van der Waals surface area contributed by atoms with Crippen molar-refractivity contribution < 1.29 is 13.9 Å². The fourth-order valence-electron chi connectivity index (χ4n) is 4.12. The molecule has 0 N–H and O–H groups in total. The summed E-state index contributed by atoms with van der Waals surface area (Å²) in [7, 11) is 0. The molecule has 1 aromatic carbocycles. The van der Waals surface area contributed by atoms with Gasteiger partial charge in [0.2, 0.25) is 0 Å². The molecule has 3 heteroatoms. The van der Waals surface area contributed by atoms with Gasteiger partial charge in [0.25, 0.3) is 0 Å². The highest BCUT2D eigenvalue weighted by atomic mass is 19.1. The third kappa shape index (κ3) is 3.57. The summed E-state index contributed by atoms with van der Waals surface area (Å²) < 4.78 is 18.7. The Hall–Kier alpha value is -1.22. The van der Waals surface area contributed by atoms with Crippen LogP contribution < -0.4 is 0 Å². The van der Waals surface area contributed by atoms with Crippen LogP contribution in [0.25, 0.3) is 0 Å². The first-order valence-corrected chi connectivity index (χ1v) is 8.51. The van der Waals surface area contributed by atoms with Crippen molar-refractivity contribution in [1.29, 1.82) is 0 Å². The van der Waals surface area contributed by atoms with Gasteiger partial charge in [-0.1, -0.05) is 12.1 Å². The summed E-state index contributed by atoms with van der Waals surface area (Å²) in [5, 5.41) is 0. The molecule has 2 aliphatic rings. The van der Waals surface area contributed by atoms with Gasteiger partial charge in [-0.3, -0.25) is 4.79 Å². The van der Waals surface area contributed by atoms with Crippen molar-refractivity contribution in [2.45, 2.75) is 57.5 Å². The molecule has 2 atom stereocenters. The number of carbonyl (C=O) groups is 1. The number of ether oxygens (including phenoxy) is 1. The van der Waals surface area contributed by atoms with Crippen LogP contribution in [-0.2, 0) is 9.53 Å². The maximum Gasteiger partial charge on any atom is 0.158 e. The number of rotatable bonds is 3. The standard InChI is InChI=1S/C19H25FO2/c1-13(21)19-11-8-17(12-22-19)16-4-2-14(3-5-16)15-6-9-18(20)10-7-15/h6-7,9-10,14,16-17,19H,2-5,8,11-12H2,1H3. The topological polar surface area (TPSA) is 26.3 Å². The highest BCUT2D eigenvalue weighted by Crippen LogP contribution is 2.41. The minimum Gasteiger partial charge on any atom is -0.370 e. The summed E-state index contributed by atoms with van der Waals surface area (Å²) in [4.78, 5) is 11.4. The molecule has 120 valence electrons. The van der Waals surface area contributed by atoms with Gasteiger partial charge in [-0.2, -0.15) is 0 Å². The molecule has 1 aliphatic carbocycles. The fraction of sp³-hybridized carbons (Fsp3) is 0.632. The molecule has 3 rings (SSSR count). The summed E-state index contributed by atoms with van der Waals surface area (Å²) in [6.45, 7) is 2.37. The van der Waals surface area contributed by atoms with E-state index in [4.69, 9.17) is 4.74 Å². The van der Waals surface area contributed by atoms with E-state index in [9.17, 15) is 9.18 Å². The van der Waals surface area contributed by atoms with Gasteiger partial charge in [0, 0.05) is 0 Å². The molecule has 1 aromatic rings. The average molecular weight is 304 g/mol. The van der Waals surface area contributed by atoms with Crippen molar-refractivity contribution in [2.75, 3.05) is 6.61 Å². The SMILES string of the molecule is CC(=O)C1CCC(C2CCC(c3ccc(F)cc3)CC2)CO1. The molecule has 0 bridgehead atoms. The average Bonchev–Trinajstić information content (AvgIpc) is 2.56. The molecule has 0 amide bonds. The summed E-state index contributed by atoms with van der Waals surface area (Å²) in [6.07, 6.45) is 6.66. The van der Waals surface area contributed by atoms with E-state index < -0.39 is 0 Å². The van der Waals surface area contributed by atoms with Crippen molar-refractivity contribution in [3.05, 3.63) is 35.6 Å². The predicted octanol–water partition coefficient (Wildman–Crippen LogP) is 4.48. The smallest absolute Gasteiger partial charge is 0.158 e. The van der Waals surface area contributed by atoms with E-state index in [1.807, 2.05) is 12.1 Å². The molecule has 0 radical (unpaired) electrons. The fourth-order valence-corrected chi connectivity index (χ4v) is 4.12. The molecule has 1 aliphatic heterocycles. The third-order valence-electron chi connectivity index (χ3n) is 5.54. The first-order chi connectivity index (χ1) is 10.6. The van der Waals surface area contributed by atoms with Crippen LogP contribution in [0, 0.1) is 17.7 Å². The zero-order valence-electron chi connectivity index (χ0n) is 13.3. The Morgan fingerprint density at radius 1 is 1.00 bits per heavy atom. The summed E-state index contributed by atoms with van der Waals surface area (Å²) >= 11 is 0. The number of Topliss-reactive ketones (excluding diaryl/α,β-unsaturated/α-hetero) is 1. The highest BCUT2D eigenvalue weighted by Gasteiger charge is 2.32. The molecular weight excluding hydrogens is 279 g/mol. The van der Waals surface area contributed by atoms with Crippen molar-refractivity contribution in [3.63, 3.8) is 0 Å². The van der Waals surface area contributed by atoms with Crippen LogP contribution >= 0.6 is 0 Å². The number of ketones is 1. The second-order valence-electron chi connectivity index (χ2n) is 6.93. The van der Waals surface area contributed by atoms with Crippen LogP contribution in [0.3, 0.4) is 0 Å². The van der Waals surface area contributed by atoms with Crippen LogP contribution in [0.5, 0.6) is 0 Å². The molecule has 1 saturated carbocycles. The lowest BCUT2D eigenvalue weighted by Gasteiger charge is -2.37. The molecule has 1 saturated heterocycles. The summed E-state index contributed by atoms with van der Waals surface area (Å²) in [6, 6.07) is 7.00. The van der Waals surface area contributed by atoms with Gasteiger partial charge in [0.15, 0.2) is 5.78 Å². The second kappa shape index (κ2) is 6.91. The molecule has 0 aromatic heterocycles. The molecule has 2 fully saturated rings. The summed E-state index contributed by atoms with van der Waals surface area (Å²) in [5.41, 5.74) is 1.27. The first-order valence-electron chi connectivity index (χ1n) is 8.51. The quantitative estimate of drug-likeness (QED) is 0.823. The van der Waals surface area contributed by atoms with Crippen molar-refractivity contribution in [2.24, 2.45) is 11.8 Å². The number of halogens is 1. The molecule has 1 heterocycles. The first kappa shape index (κ1) is 15.7. The second-order valence-corrected chi connectivity index (χ2v) is 6.93. The van der Waals surface area contributed by atoms with Crippen LogP contribution in [0.4, 0.5) is 4.39 Å². The molecule has 2 nitrogen and oxygen atoms in total. The number of benzene rings is 1. The Kier molecular flexibility index (Phi) is 4.92. The number of hydrogen-bond donors (Lipinski definition) is 0. The Morgan fingerprint density at radius 2 is 1.64 bits per heavy atom.